The van der Waals surface area contributed by atoms with E-state index in [0.717, 1.165) is 0 Å². The Morgan fingerprint density at radius 1 is 1.14 bits per heavy atom. The van der Waals surface area contributed by atoms with Crippen LogP contribution in [0.4, 0.5) is 4.79 Å². The van der Waals surface area contributed by atoms with E-state index in [9.17, 15) is 14.7 Å². The molecule has 0 aromatic heterocycles. The van der Waals surface area contributed by atoms with Gasteiger partial charge < -0.3 is 29.4 Å². The predicted molar refractivity (Wildman–Crippen MR) is 76.7 cm³/mol. The minimum absolute atomic E-state index is 0.0569. The number of carboxylic acid groups (broad SMARTS) is 1. The average Bonchev–Trinajstić information content (AvgIpc) is 2.45. The van der Waals surface area contributed by atoms with Crippen molar-refractivity contribution in [2.45, 2.75) is 25.9 Å². The highest BCUT2D eigenvalue weighted by Crippen LogP contribution is 2.32. The Balaban J connectivity index is 2.80. The molecule has 7 heteroatoms. The number of benzene rings is 1. The van der Waals surface area contributed by atoms with Gasteiger partial charge in [-0.25, -0.2) is 4.79 Å². The molecule has 0 bridgehead atoms. The fourth-order valence-corrected chi connectivity index (χ4v) is 1.75. The molecule has 0 saturated heterocycles. The highest BCUT2D eigenvalue weighted by atomic mass is 16.6. The zero-order valence-corrected chi connectivity index (χ0v) is 13.1. The molecule has 22 heavy (non-hydrogen) atoms. The van der Waals surface area contributed by atoms with Crippen LogP contribution in [0.15, 0.2) is 18.2 Å². The molecule has 1 N–H and O–H groups in total. The molecule has 1 amide bonds. The van der Waals surface area contributed by atoms with E-state index in [1.165, 1.54) is 14.2 Å². The summed E-state index contributed by atoms with van der Waals surface area (Å²) in [7, 11) is 3.05. The third-order valence-corrected chi connectivity index (χ3v) is 2.99. The number of rotatable bonds is 7. The highest BCUT2D eigenvalue weighted by Gasteiger charge is 2.26. The molecule has 1 aromatic rings. The fraction of sp³-hybridized carbons (Fsp3) is 0.467. The highest BCUT2D eigenvalue weighted by molar-refractivity contribution is 5.70. The van der Waals surface area contributed by atoms with Crippen molar-refractivity contribution in [2.75, 3.05) is 20.8 Å². The topological polar surface area (TPSA) is 96.9 Å². The first-order valence-corrected chi connectivity index (χ1v) is 6.68. The number of methoxy groups -OCH3 is 2. The van der Waals surface area contributed by atoms with Gasteiger partial charge >= 0.3 is 6.09 Å². The number of carbonyl (C=O) groups is 2. The van der Waals surface area contributed by atoms with Crippen LogP contribution in [0, 0.1) is 0 Å². The van der Waals surface area contributed by atoms with Gasteiger partial charge in [-0.1, -0.05) is 0 Å². The smallest absolute Gasteiger partial charge is 0.408 e. The number of ether oxygens (including phenoxy) is 3. The maximum atomic E-state index is 11.7. The molecule has 0 aliphatic heterocycles. The SMILES string of the molecule is COc1cc(OC)cc(C(C)(C)OC(=O)NCCC(=O)[O-])c1. The van der Waals surface area contributed by atoms with Crippen molar-refractivity contribution in [3.05, 3.63) is 23.8 Å². The molecule has 7 nitrogen and oxygen atoms in total. The number of amides is 1. The fourth-order valence-electron chi connectivity index (χ4n) is 1.75. The monoisotopic (exact) mass is 310 g/mol. The van der Waals surface area contributed by atoms with Gasteiger partial charge in [0.2, 0.25) is 0 Å². The Bertz CT molecular complexity index is 519. The molecular formula is C15H20NO6-. The summed E-state index contributed by atoms with van der Waals surface area (Å²) in [5, 5.41) is 12.7. The maximum absolute atomic E-state index is 11.7. The molecule has 0 radical (unpaired) electrons. The number of carbonyl (C=O) groups excluding carboxylic acids is 2. The summed E-state index contributed by atoms with van der Waals surface area (Å²) >= 11 is 0. The van der Waals surface area contributed by atoms with E-state index in [2.05, 4.69) is 5.32 Å². The Morgan fingerprint density at radius 2 is 1.68 bits per heavy atom. The molecule has 0 saturated carbocycles. The minimum atomic E-state index is -1.24. The number of aliphatic carboxylic acids is 1. The van der Waals surface area contributed by atoms with Gasteiger partial charge in [-0.3, -0.25) is 0 Å². The maximum Gasteiger partial charge on any atom is 0.408 e. The van der Waals surface area contributed by atoms with E-state index in [1.807, 2.05) is 0 Å². The number of alkyl carbamates (subject to hydrolysis) is 1. The molecule has 0 heterocycles. The lowest BCUT2D eigenvalue weighted by Crippen LogP contribution is -2.35. The zero-order chi connectivity index (χ0) is 16.8. The molecule has 0 aliphatic carbocycles. The molecule has 0 atom stereocenters. The number of hydrogen-bond donors (Lipinski definition) is 1. The van der Waals surface area contributed by atoms with Gasteiger partial charge in [0.05, 0.1) is 14.2 Å². The molecule has 0 aliphatic rings. The predicted octanol–water partition coefficient (Wildman–Crippen LogP) is 0.805. The molecule has 0 spiro atoms. The van der Waals surface area contributed by atoms with Crippen LogP contribution in [0.5, 0.6) is 11.5 Å². The van der Waals surface area contributed by atoms with Crippen LogP contribution in [0.3, 0.4) is 0 Å². The second kappa shape index (κ2) is 7.53. The number of hydrogen-bond acceptors (Lipinski definition) is 6. The van der Waals surface area contributed by atoms with Gasteiger partial charge in [0.15, 0.2) is 0 Å². The quantitative estimate of drug-likeness (QED) is 0.800. The van der Waals surface area contributed by atoms with Gasteiger partial charge in [0.1, 0.15) is 17.1 Å². The molecule has 122 valence electrons. The van der Waals surface area contributed by atoms with Crippen molar-refractivity contribution in [3.8, 4) is 11.5 Å². The van der Waals surface area contributed by atoms with Crippen LogP contribution in [0.1, 0.15) is 25.8 Å². The van der Waals surface area contributed by atoms with Crippen LogP contribution in [0.25, 0.3) is 0 Å². The first-order valence-electron chi connectivity index (χ1n) is 6.68. The first-order chi connectivity index (χ1) is 10.3. The summed E-state index contributed by atoms with van der Waals surface area (Å²) < 4.78 is 15.7. The van der Waals surface area contributed by atoms with Gasteiger partial charge in [-0.05, 0) is 26.0 Å². The van der Waals surface area contributed by atoms with Crippen LogP contribution in [-0.4, -0.2) is 32.8 Å². The molecule has 1 aromatic carbocycles. The number of nitrogens with one attached hydrogen (secondary N) is 1. The van der Waals surface area contributed by atoms with Crippen LogP contribution < -0.4 is 19.9 Å². The lowest BCUT2D eigenvalue weighted by Gasteiger charge is -2.26. The largest absolute Gasteiger partial charge is 0.550 e. The van der Waals surface area contributed by atoms with E-state index in [0.29, 0.717) is 17.1 Å². The van der Waals surface area contributed by atoms with Crippen LogP contribution in [0.2, 0.25) is 0 Å². The van der Waals surface area contributed by atoms with E-state index in [1.54, 1.807) is 32.0 Å². The summed E-state index contributed by atoms with van der Waals surface area (Å²) in [6.45, 7) is 3.36. The molecule has 0 fully saturated rings. The molecule has 0 unspecified atom stereocenters. The number of carboxylic acids is 1. The Hall–Kier alpha value is -2.44. The normalized spacial score (nSPS) is 10.7. The summed E-state index contributed by atoms with van der Waals surface area (Å²) in [5.74, 6) is -0.0936. The van der Waals surface area contributed by atoms with Crippen molar-refractivity contribution in [1.29, 1.82) is 0 Å². The third kappa shape index (κ3) is 5.16. The lowest BCUT2D eigenvalue weighted by atomic mass is 9.97. The van der Waals surface area contributed by atoms with Crippen molar-refractivity contribution in [2.24, 2.45) is 0 Å². The van der Waals surface area contributed by atoms with Gasteiger partial charge in [0.25, 0.3) is 0 Å². The van der Waals surface area contributed by atoms with Gasteiger partial charge in [-0.15, -0.1) is 0 Å². The second-order valence-corrected chi connectivity index (χ2v) is 5.05. The Kier molecular flexibility index (Phi) is 6.03. The second-order valence-electron chi connectivity index (χ2n) is 5.05. The third-order valence-electron chi connectivity index (χ3n) is 2.99. The standard InChI is InChI=1S/C15H21NO6/c1-15(2,22-14(19)16-6-5-13(17)18)10-7-11(20-3)9-12(8-10)21-4/h7-9H,5-6H2,1-4H3,(H,16,19)(H,17,18)/p-1. The Morgan fingerprint density at radius 3 is 2.14 bits per heavy atom. The van der Waals surface area contributed by atoms with E-state index in [4.69, 9.17) is 14.2 Å². The van der Waals surface area contributed by atoms with E-state index < -0.39 is 17.7 Å². The van der Waals surface area contributed by atoms with Crippen LogP contribution >= 0.6 is 0 Å². The first kappa shape index (κ1) is 17.6. The van der Waals surface area contributed by atoms with Crippen molar-refractivity contribution < 1.29 is 28.9 Å². The molecular weight excluding hydrogens is 290 g/mol. The van der Waals surface area contributed by atoms with Crippen LogP contribution in [-0.2, 0) is 15.1 Å². The zero-order valence-electron chi connectivity index (χ0n) is 13.1. The average molecular weight is 310 g/mol. The van der Waals surface area contributed by atoms with Crippen molar-refractivity contribution in [3.63, 3.8) is 0 Å². The summed E-state index contributed by atoms with van der Waals surface area (Å²) in [5.41, 5.74) is -0.272. The lowest BCUT2D eigenvalue weighted by molar-refractivity contribution is -0.305. The van der Waals surface area contributed by atoms with Gasteiger partial charge in [0, 0.05) is 30.6 Å². The van der Waals surface area contributed by atoms with E-state index in [-0.39, 0.29) is 13.0 Å². The van der Waals surface area contributed by atoms with Crippen molar-refractivity contribution in [1.82, 2.24) is 5.32 Å². The molecule has 1 rings (SSSR count). The minimum Gasteiger partial charge on any atom is -0.550 e. The summed E-state index contributed by atoms with van der Waals surface area (Å²) in [6.07, 6.45) is -0.990. The van der Waals surface area contributed by atoms with Crippen molar-refractivity contribution >= 4 is 12.1 Å². The Labute approximate surface area is 129 Å². The van der Waals surface area contributed by atoms with E-state index >= 15 is 0 Å². The summed E-state index contributed by atoms with van der Waals surface area (Å²) in [4.78, 5) is 22.0. The summed E-state index contributed by atoms with van der Waals surface area (Å²) in [6, 6.07) is 5.17. The van der Waals surface area contributed by atoms with Gasteiger partial charge in [-0.2, -0.15) is 0 Å².